The zero-order valence-electron chi connectivity index (χ0n) is 11.8. The lowest BCUT2D eigenvalue weighted by Crippen LogP contribution is -2.32. The summed E-state index contributed by atoms with van der Waals surface area (Å²) in [6.45, 7) is 2.77. The highest BCUT2D eigenvalue weighted by Gasteiger charge is 2.18. The van der Waals surface area contributed by atoms with Crippen molar-refractivity contribution in [3.63, 3.8) is 0 Å². The second-order valence-electron chi connectivity index (χ2n) is 5.59. The van der Waals surface area contributed by atoms with Gasteiger partial charge in [0, 0.05) is 25.3 Å². The Kier molecular flexibility index (Phi) is 4.65. The molecule has 1 aliphatic carbocycles. The van der Waals surface area contributed by atoms with Crippen LogP contribution in [0.2, 0.25) is 0 Å². The van der Waals surface area contributed by atoms with Crippen LogP contribution in [-0.4, -0.2) is 13.1 Å². The monoisotopic (exact) mass is 246 g/mol. The van der Waals surface area contributed by atoms with Gasteiger partial charge in [-0.15, -0.1) is 0 Å². The number of nitrogens with zero attached hydrogens (tertiary/aromatic N) is 1. The maximum absolute atomic E-state index is 5.89. The second kappa shape index (κ2) is 6.24. The molecule has 1 saturated carbocycles. The average molecular weight is 246 g/mol. The van der Waals surface area contributed by atoms with Crippen molar-refractivity contribution in [2.75, 3.05) is 11.9 Å². The number of rotatable bonds is 3. The van der Waals surface area contributed by atoms with Crippen LogP contribution in [0.5, 0.6) is 0 Å². The van der Waals surface area contributed by atoms with E-state index in [0.29, 0.717) is 12.6 Å². The van der Waals surface area contributed by atoms with E-state index in [0.717, 1.165) is 0 Å². The minimum atomic E-state index is 0.633. The zero-order valence-corrected chi connectivity index (χ0v) is 11.8. The van der Waals surface area contributed by atoms with Gasteiger partial charge in [0.2, 0.25) is 0 Å². The van der Waals surface area contributed by atoms with E-state index < -0.39 is 0 Å². The van der Waals surface area contributed by atoms with Gasteiger partial charge in [0.15, 0.2) is 0 Å². The molecule has 1 aromatic carbocycles. The van der Waals surface area contributed by atoms with Crippen molar-refractivity contribution >= 4 is 5.69 Å². The van der Waals surface area contributed by atoms with E-state index in [-0.39, 0.29) is 0 Å². The number of hydrogen-bond donors (Lipinski definition) is 1. The molecule has 1 aromatic rings. The van der Waals surface area contributed by atoms with Gasteiger partial charge in [-0.1, -0.05) is 43.4 Å². The molecule has 2 nitrogen and oxygen atoms in total. The molecule has 1 fully saturated rings. The number of aryl methyl sites for hydroxylation is 1. The van der Waals surface area contributed by atoms with Crippen molar-refractivity contribution in [3.8, 4) is 0 Å². The number of benzene rings is 1. The van der Waals surface area contributed by atoms with E-state index in [2.05, 4.69) is 37.1 Å². The Morgan fingerprint density at radius 2 is 1.83 bits per heavy atom. The molecule has 2 heteroatoms. The summed E-state index contributed by atoms with van der Waals surface area (Å²) in [7, 11) is 2.24. The fourth-order valence-corrected chi connectivity index (χ4v) is 3.06. The van der Waals surface area contributed by atoms with Crippen LogP contribution >= 0.6 is 0 Å². The maximum Gasteiger partial charge on any atom is 0.0411 e. The molecule has 0 spiro atoms. The van der Waals surface area contributed by atoms with E-state index in [4.69, 9.17) is 5.73 Å². The van der Waals surface area contributed by atoms with Crippen LogP contribution in [-0.2, 0) is 6.54 Å². The lowest BCUT2D eigenvalue weighted by atomic mass is 10.0. The first kappa shape index (κ1) is 13.4. The third kappa shape index (κ3) is 3.05. The summed E-state index contributed by atoms with van der Waals surface area (Å²) in [4.78, 5) is 2.47. The van der Waals surface area contributed by atoms with E-state index in [9.17, 15) is 0 Å². The number of anilines is 1. The van der Waals surface area contributed by atoms with Gasteiger partial charge in [0.25, 0.3) is 0 Å². The molecule has 0 aliphatic heterocycles. The van der Waals surface area contributed by atoms with Gasteiger partial charge in [0.1, 0.15) is 0 Å². The van der Waals surface area contributed by atoms with Gasteiger partial charge in [-0.2, -0.15) is 0 Å². The first-order chi connectivity index (χ1) is 8.72. The summed E-state index contributed by atoms with van der Waals surface area (Å²) in [6.07, 6.45) is 8.21. The summed E-state index contributed by atoms with van der Waals surface area (Å²) in [6, 6.07) is 7.35. The third-order valence-corrected chi connectivity index (χ3v) is 4.21. The van der Waals surface area contributed by atoms with Crippen LogP contribution in [0.4, 0.5) is 5.69 Å². The predicted octanol–water partition coefficient (Wildman–Crippen LogP) is 3.61. The smallest absolute Gasteiger partial charge is 0.0411 e. The zero-order chi connectivity index (χ0) is 13.0. The van der Waals surface area contributed by atoms with Gasteiger partial charge in [-0.25, -0.2) is 0 Å². The predicted molar refractivity (Wildman–Crippen MR) is 79.0 cm³/mol. The Hall–Kier alpha value is -1.02. The van der Waals surface area contributed by atoms with Gasteiger partial charge >= 0.3 is 0 Å². The Balaban J connectivity index is 2.18. The molecule has 0 heterocycles. The molecule has 0 saturated heterocycles. The van der Waals surface area contributed by atoms with Crippen LogP contribution in [0, 0.1) is 6.92 Å². The third-order valence-electron chi connectivity index (χ3n) is 4.21. The summed E-state index contributed by atoms with van der Waals surface area (Å²) in [5.41, 5.74) is 9.80. The quantitative estimate of drug-likeness (QED) is 0.825. The van der Waals surface area contributed by atoms with Crippen LogP contribution < -0.4 is 10.6 Å². The van der Waals surface area contributed by atoms with Crippen molar-refractivity contribution in [2.45, 2.75) is 58.0 Å². The minimum absolute atomic E-state index is 0.633. The molecule has 18 heavy (non-hydrogen) atoms. The Labute approximate surface area is 111 Å². The standard InChI is InChI=1S/C16H26N2/c1-13-9-10-16(14(11-13)12-17)18(2)15-7-5-3-4-6-8-15/h9-11,15H,3-8,12,17H2,1-2H3. The first-order valence-corrected chi connectivity index (χ1v) is 7.25. The molecule has 100 valence electrons. The van der Waals surface area contributed by atoms with E-state index in [1.807, 2.05) is 0 Å². The second-order valence-corrected chi connectivity index (χ2v) is 5.59. The van der Waals surface area contributed by atoms with Gasteiger partial charge in [-0.3, -0.25) is 0 Å². The highest BCUT2D eigenvalue weighted by atomic mass is 15.1. The molecular formula is C16H26N2. The van der Waals surface area contributed by atoms with Gasteiger partial charge in [-0.05, 0) is 31.4 Å². The first-order valence-electron chi connectivity index (χ1n) is 7.25. The topological polar surface area (TPSA) is 29.3 Å². The number of nitrogens with two attached hydrogens (primary N) is 1. The molecule has 2 rings (SSSR count). The average Bonchev–Trinajstić information content (AvgIpc) is 2.66. The van der Waals surface area contributed by atoms with E-state index in [1.165, 1.54) is 55.3 Å². The van der Waals surface area contributed by atoms with Crippen molar-refractivity contribution < 1.29 is 0 Å². The minimum Gasteiger partial charge on any atom is -0.371 e. The highest BCUT2D eigenvalue weighted by molar-refractivity contribution is 5.55. The normalized spacial score (nSPS) is 17.5. The fourth-order valence-electron chi connectivity index (χ4n) is 3.06. The summed E-state index contributed by atoms with van der Waals surface area (Å²) in [5, 5.41) is 0. The summed E-state index contributed by atoms with van der Waals surface area (Å²) >= 11 is 0. The molecule has 0 unspecified atom stereocenters. The fraction of sp³-hybridized carbons (Fsp3) is 0.625. The summed E-state index contributed by atoms with van der Waals surface area (Å²) in [5.74, 6) is 0. The van der Waals surface area contributed by atoms with Crippen LogP contribution in [0.3, 0.4) is 0 Å². The Morgan fingerprint density at radius 3 is 2.44 bits per heavy atom. The van der Waals surface area contributed by atoms with Gasteiger partial charge in [0.05, 0.1) is 0 Å². The van der Waals surface area contributed by atoms with Crippen molar-refractivity contribution in [3.05, 3.63) is 29.3 Å². The van der Waals surface area contributed by atoms with Crippen molar-refractivity contribution in [1.29, 1.82) is 0 Å². The van der Waals surface area contributed by atoms with E-state index >= 15 is 0 Å². The molecule has 0 bridgehead atoms. The SMILES string of the molecule is Cc1ccc(N(C)C2CCCCCC2)c(CN)c1. The lowest BCUT2D eigenvalue weighted by molar-refractivity contribution is 0.552. The van der Waals surface area contributed by atoms with Crippen LogP contribution in [0.1, 0.15) is 49.7 Å². The number of hydrogen-bond acceptors (Lipinski definition) is 2. The highest BCUT2D eigenvalue weighted by Crippen LogP contribution is 2.28. The van der Waals surface area contributed by atoms with Crippen molar-refractivity contribution in [1.82, 2.24) is 0 Å². The molecule has 1 aliphatic rings. The summed E-state index contributed by atoms with van der Waals surface area (Å²) < 4.78 is 0. The van der Waals surface area contributed by atoms with Crippen LogP contribution in [0.25, 0.3) is 0 Å². The molecule has 0 amide bonds. The molecule has 0 radical (unpaired) electrons. The van der Waals surface area contributed by atoms with Crippen LogP contribution in [0.15, 0.2) is 18.2 Å². The Morgan fingerprint density at radius 1 is 1.17 bits per heavy atom. The largest absolute Gasteiger partial charge is 0.371 e. The van der Waals surface area contributed by atoms with E-state index in [1.54, 1.807) is 0 Å². The molecule has 0 atom stereocenters. The Bertz CT molecular complexity index is 379. The molecular weight excluding hydrogens is 220 g/mol. The van der Waals surface area contributed by atoms with Gasteiger partial charge < -0.3 is 10.6 Å². The maximum atomic E-state index is 5.89. The molecule has 2 N–H and O–H groups in total. The molecule has 0 aromatic heterocycles. The van der Waals surface area contributed by atoms with Crippen molar-refractivity contribution in [2.24, 2.45) is 5.73 Å². The lowest BCUT2D eigenvalue weighted by Gasteiger charge is -2.31.